The Kier molecular flexibility index (Phi) is 3.85. The minimum atomic E-state index is -0.415. The summed E-state index contributed by atoms with van der Waals surface area (Å²) in [4.78, 5) is 2.42. The van der Waals surface area contributed by atoms with Crippen molar-refractivity contribution in [2.45, 2.75) is 44.8 Å². The van der Waals surface area contributed by atoms with Gasteiger partial charge in [0, 0.05) is 5.54 Å². The van der Waals surface area contributed by atoms with Crippen molar-refractivity contribution in [3.8, 4) is 0 Å². The van der Waals surface area contributed by atoms with Crippen LogP contribution in [-0.2, 0) is 0 Å². The Morgan fingerprint density at radius 2 is 1.65 bits per heavy atom. The van der Waals surface area contributed by atoms with Crippen molar-refractivity contribution in [2.24, 2.45) is 0 Å². The van der Waals surface area contributed by atoms with E-state index in [0.29, 0.717) is 0 Å². The van der Waals surface area contributed by atoms with Crippen molar-refractivity contribution in [1.82, 2.24) is 4.90 Å². The van der Waals surface area contributed by atoms with Crippen LogP contribution in [0, 0.1) is 0 Å². The minimum absolute atomic E-state index is 0.179. The zero-order chi connectivity index (χ0) is 12.3. The first-order valence-corrected chi connectivity index (χ1v) is 6.60. The van der Waals surface area contributed by atoms with Crippen LogP contribution >= 0.6 is 0 Å². The highest BCUT2D eigenvalue weighted by atomic mass is 16.3. The number of nitrogens with zero attached hydrogens (tertiary/aromatic N) is 1. The molecule has 1 saturated heterocycles. The summed E-state index contributed by atoms with van der Waals surface area (Å²) in [5.41, 5.74) is 0.838. The van der Waals surface area contributed by atoms with Crippen molar-refractivity contribution >= 4 is 0 Å². The van der Waals surface area contributed by atoms with Crippen molar-refractivity contribution < 1.29 is 5.11 Å². The number of rotatable bonds is 3. The molecule has 1 aromatic rings. The average Bonchev–Trinajstić information content (AvgIpc) is 2.40. The molecule has 2 rings (SSSR count). The summed E-state index contributed by atoms with van der Waals surface area (Å²) in [6.45, 7) is 6.51. The molecule has 1 N–H and O–H groups in total. The molecular weight excluding hydrogens is 210 g/mol. The SMILES string of the molecule is CC(C)(C(O)c1ccccc1)N1CCCCC1. The molecule has 1 aromatic carbocycles. The number of aliphatic hydroxyl groups is 1. The lowest BCUT2D eigenvalue weighted by Crippen LogP contribution is -2.50. The quantitative estimate of drug-likeness (QED) is 0.867. The number of benzene rings is 1. The van der Waals surface area contributed by atoms with Crippen LogP contribution in [0.15, 0.2) is 30.3 Å². The Hall–Kier alpha value is -0.860. The van der Waals surface area contributed by atoms with Crippen LogP contribution < -0.4 is 0 Å². The second-order valence-corrected chi connectivity index (χ2v) is 5.51. The Morgan fingerprint density at radius 3 is 2.24 bits per heavy atom. The molecular formula is C15H23NO. The van der Waals surface area contributed by atoms with E-state index in [9.17, 15) is 5.11 Å². The van der Waals surface area contributed by atoms with E-state index >= 15 is 0 Å². The maximum atomic E-state index is 10.6. The van der Waals surface area contributed by atoms with Gasteiger partial charge >= 0.3 is 0 Å². The van der Waals surface area contributed by atoms with Crippen LogP contribution in [0.25, 0.3) is 0 Å². The Bertz CT molecular complexity index is 341. The largest absolute Gasteiger partial charge is 0.386 e. The van der Waals surface area contributed by atoms with Gasteiger partial charge in [-0.25, -0.2) is 0 Å². The third kappa shape index (κ3) is 2.70. The molecule has 1 atom stereocenters. The maximum Gasteiger partial charge on any atom is 0.0968 e. The average molecular weight is 233 g/mol. The highest BCUT2D eigenvalue weighted by molar-refractivity contribution is 5.20. The van der Waals surface area contributed by atoms with E-state index in [4.69, 9.17) is 0 Å². The number of likely N-dealkylation sites (tertiary alicyclic amines) is 1. The van der Waals surface area contributed by atoms with Gasteiger partial charge in [0.05, 0.1) is 6.10 Å². The van der Waals surface area contributed by atoms with E-state index in [-0.39, 0.29) is 5.54 Å². The number of piperidine rings is 1. The number of hydrogen-bond donors (Lipinski definition) is 1. The molecule has 1 aliphatic rings. The Labute approximate surface area is 104 Å². The fourth-order valence-corrected chi connectivity index (χ4v) is 2.69. The molecule has 94 valence electrons. The van der Waals surface area contributed by atoms with Gasteiger partial charge in [0.2, 0.25) is 0 Å². The monoisotopic (exact) mass is 233 g/mol. The Balaban J connectivity index is 2.13. The third-order valence-corrected chi connectivity index (χ3v) is 3.96. The van der Waals surface area contributed by atoms with Crippen molar-refractivity contribution in [2.75, 3.05) is 13.1 Å². The summed E-state index contributed by atoms with van der Waals surface area (Å²) in [5.74, 6) is 0. The molecule has 2 heteroatoms. The third-order valence-electron chi connectivity index (χ3n) is 3.96. The van der Waals surface area contributed by atoms with E-state index in [1.165, 1.54) is 19.3 Å². The van der Waals surface area contributed by atoms with Gasteiger partial charge < -0.3 is 5.11 Å². The molecule has 0 amide bonds. The van der Waals surface area contributed by atoms with Crippen molar-refractivity contribution in [3.63, 3.8) is 0 Å². The second-order valence-electron chi connectivity index (χ2n) is 5.51. The summed E-state index contributed by atoms with van der Waals surface area (Å²) in [6.07, 6.45) is 3.42. The minimum Gasteiger partial charge on any atom is -0.386 e. The van der Waals surface area contributed by atoms with Gasteiger partial charge in [-0.3, -0.25) is 4.90 Å². The van der Waals surface area contributed by atoms with Gasteiger partial charge in [0.25, 0.3) is 0 Å². The molecule has 17 heavy (non-hydrogen) atoms. The summed E-state index contributed by atoms with van der Waals surface area (Å²) >= 11 is 0. The summed E-state index contributed by atoms with van der Waals surface area (Å²) in [7, 11) is 0. The molecule has 0 aliphatic carbocycles. The predicted octanol–water partition coefficient (Wildman–Crippen LogP) is 2.98. The lowest BCUT2D eigenvalue weighted by molar-refractivity contribution is -0.0208. The molecule has 2 nitrogen and oxygen atoms in total. The maximum absolute atomic E-state index is 10.6. The van der Waals surface area contributed by atoms with Gasteiger partial charge in [0.1, 0.15) is 0 Å². The molecule has 0 saturated carbocycles. The molecule has 0 radical (unpaired) electrons. The van der Waals surface area contributed by atoms with Gasteiger partial charge in [-0.2, -0.15) is 0 Å². The normalized spacial score (nSPS) is 20.2. The lowest BCUT2D eigenvalue weighted by Gasteiger charge is -2.44. The Morgan fingerprint density at radius 1 is 1.06 bits per heavy atom. The van der Waals surface area contributed by atoms with Gasteiger partial charge in [0.15, 0.2) is 0 Å². The van der Waals surface area contributed by atoms with Crippen LogP contribution in [0.3, 0.4) is 0 Å². The van der Waals surface area contributed by atoms with Crippen LogP contribution in [0.5, 0.6) is 0 Å². The first-order chi connectivity index (χ1) is 8.12. The first kappa shape index (κ1) is 12.6. The molecule has 0 bridgehead atoms. The van der Waals surface area contributed by atoms with Crippen LogP contribution in [0.4, 0.5) is 0 Å². The van der Waals surface area contributed by atoms with Crippen LogP contribution in [-0.4, -0.2) is 28.6 Å². The number of hydrogen-bond acceptors (Lipinski definition) is 2. The fourth-order valence-electron chi connectivity index (χ4n) is 2.69. The molecule has 1 heterocycles. The van der Waals surface area contributed by atoms with E-state index in [1.807, 2.05) is 30.3 Å². The summed E-state index contributed by atoms with van der Waals surface area (Å²) in [5, 5.41) is 10.6. The number of aliphatic hydroxyl groups excluding tert-OH is 1. The van der Waals surface area contributed by atoms with E-state index < -0.39 is 6.10 Å². The topological polar surface area (TPSA) is 23.5 Å². The predicted molar refractivity (Wildman–Crippen MR) is 70.9 cm³/mol. The van der Waals surface area contributed by atoms with E-state index in [1.54, 1.807) is 0 Å². The van der Waals surface area contributed by atoms with E-state index in [2.05, 4.69) is 18.7 Å². The van der Waals surface area contributed by atoms with Gasteiger partial charge in [-0.05, 0) is 45.3 Å². The van der Waals surface area contributed by atoms with Crippen LogP contribution in [0.1, 0.15) is 44.8 Å². The van der Waals surface area contributed by atoms with Gasteiger partial charge in [-0.1, -0.05) is 36.8 Å². The smallest absolute Gasteiger partial charge is 0.0968 e. The molecule has 0 aromatic heterocycles. The van der Waals surface area contributed by atoms with Crippen LogP contribution in [0.2, 0.25) is 0 Å². The molecule has 1 unspecified atom stereocenters. The standard InChI is InChI=1S/C15H23NO/c1-15(2,16-11-7-4-8-12-16)14(17)13-9-5-3-6-10-13/h3,5-6,9-10,14,17H,4,7-8,11-12H2,1-2H3. The second kappa shape index (κ2) is 5.19. The molecule has 0 spiro atoms. The summed E-state index contributed by atoms with van der Waals surface area (Å²) in [6, 6.07) is 9.99. The molecule has 1 aliphatic heterocycles. The lowest BCUT2D eigenvalue weighted by atomic mass is 9.88. The first-order valence-electron chi connectivity index (χ1n) is 6.60. The van der Waals surface area contributed by atoms with Gasteiger partial charge in [-0.15, -0.1) is 0 Å². The summed E-state index contributed by atoms with van der Waals surface area (Å²) < 4.78 is 0. The highest BCUT2D eigenvalue weighted by Crippen LogP contribution is 2.32. The van der Waals surface area contributed by atoms with E-state index in [0.717, 1.165) is 18.7 Å². The fraction of sp³-hybridized carbons (Fsp3) is 0.600. The zero-order valence-corrected chi connectivity index (χ0v) is 10.9. The van der Waals surface area contributed by atoms with Crippen molar-refractivity contribution in [1.29, 1.82) is 0 Å². The highest BCUT2D eigenvalue weighted by Gasteiger charge is 2.35. The van der Waals surface area contributed by atoms with Crippen molar-refractivity contribution in [3.05, 3.63) is 35.9 Å². The molecule has 1 fully saturated rings. The zero-order valence-electron chi connectivity index (χ0n) is 10.9.